The molecule has 1 atom stereocenters. The summed E-state index contributed by atoms with van der Waals surface area (Å²) >= 11 is 0. The monoisotopic (exact) mass is 268 g/mol. The maximum absolute atomic E-state index is 11.6. The minimum Gasteiger partial charge on any atom is -0.480 e. The van der Waals surface area contributed by atoms with E-state index in [9.17, 15) is 9.59 Å². The largest absolute Gasteiger partial charge is 0.480 e. The lowest BCUT2D eigenvalue weighted by molar-refractivity contribution is -0.141. The van der Waals surface area contributed by atoms with Gasteiger partial charge in [-0.3, -0.25) is 0 Å². The van der Waals surface area contributed by atoms with Gasteiger partial charge in [0.15, 0.2) is 0 Å². The number of aromatic nitrogens is 2. The van der Waals surface area contributed by atoms with Crippen molar-refractivity contribution in [2.75, 3.05) is 6.54 Å². The van der Waals surface area contributed by atoms with Crippen LogP contribution >= 0.6 is 0 Å². The molecule has 1 aromatic heterocycles. The number of carbonyl (C=O) groups is 2. The van der Waals surface area contributed by atoms with Crippen molar-refractivity contribution >= 4 is 12.0 Å². The number of carboxylic acids is 1. The Morgan fingerprint density at radius 2 is 2.16 bits per heavy atom. The van der Waals surface area contributed by atoms with Gasteiger partial charge in [0.1, 0.15) is 11.9 Å². The van der Waals surface area contributed by atoms with Gasteiger partial charge in [0.05, 0.1) is 0 Å². The third kappa shape index (κ3) is 4.99. The van der Waals surface area contributed by atoms with Crippen molar-refractivity contribution in [1.82, 2.24) is 20.6 Å². The predicted octanol–water partition coefficient (Wildman–Crippen LogP) is 0.751. The first-order chi connectivity index (χ1) is 8.80. The first kappa shape index (κ1) is 15.0. The van der Waals surface area contributed by atoms with E-state index in [0.717, 1.165) is 5.82 Å². The molecule has 4 N–H and O–H groups in total. The lowest BCUT2D eigenvalue weighted by Gasteiger charge is -2.27. The molecule has 7 nitrogen and oxygen atoms in total. The van der Waals surface area contributed by atoms with E-state index in [4.69, 9.17) is 5.11 Å². The van der Waals surface area contributed by atoms with Crippen molar-refractivity contribution < 1.29 is 14.7 Å². The second-order valence-corrected chi connectivity index (χ2v) is 5.32. The van der Waals surface area contributed by atoms with E-state index >= 15 is 0 Å². The fourth-order valence-electron chi connectivity index (χ4n) is 1.56. The number of nitrogens with one attached hydrogen (secondary N) is 3. The highest BCUT2D eigenvalue weighted by atomic mass is 16.4. The quantitative estimate of drug-likeness (QED) is 0.632. The van der Waals surface area contributed by atoms with Gasteiger partial charge in [0.2, 0.25) is 0 Å². The average molecular weight is 268 g/mol. The number of H-pyrrole nitrogens is 1. The molecule has 0 bridgehead atoms. The minimum atomic E-state index is -1.05. The number of amides is 2. The highest BCUT2D eigenvalue weighted by Crippen LogP contribution is 2.19. The summed E-state index contributed by atoms with van der Waals surface area (Å²) in [6.07, 6.45) is 3.90. The first-order valence-corrected chi connectivity index (χ1v) is 6.06. The molecular formula is C12H20N4O3. The zero-order chi connectivity index (χ0) is 14.5. The van der Waals surface area contributed by atoms with Gasteiger partial charge in [-0.1, -0.05) is 20.8 Å². The maximum atomic E-state index is 11.6. The molecule has 0 aliphatic heterocycles. The van der Waals surface area contributed by atoms with Crippen LogP contribution in [-0.2, 0) is 11.2 Å². The number of aliphatic carboxylic acids is 1. The SMILES string of the molecule is CC(C)(C)[C@H](NC(=O)NCCc1ncc[nH]1)C(=O)O. The number of carbonyl (C=O) groups excluding carboxylic acids is 1. The molecule has 0 saturated carbocycles. The number of carboxylic acid groups (broad SMARTS) is 1. The van der Waals surface area contributed by atoms with E-state index in [-0.39, 0.29) is 0 Å². The number of rotatable bonds is 5. The fourth-order valence-corrected chi connectivity index (χ4v) is 1.56. The number of hydrogen-bond donors (Lipinski definition) is 4. The Balaban J connectivity index is 2.39. The zero-order valence-corrected chi connectivity index (χ0v) is 11.4. The van der Waals surface area contributed by atoms with Crippen LogP contribution in [0.25, 0.3) is 0 Å². The van der Waals surface area contributed by atoms with Crippen molar-refractivity contribution in [3.63, 3.8) is 0 Å². The smallest absolute Gasteiger partial charge is 0.326 e. The third-order valence-electron chi connectivity index (χ3n) is 2.59. The number of urea groups is 1. The van der Waals surface area contributed by atoms with Gasteiger partial charge in [0, 0.05) is 25.4 Å². The van der Waals surface area contributed by atoms with Crippen LogP contribution in [0.5, 0.6) is 0 Å². The van der Waals surface area contributed by atoms with E-state index in [0.29, 0.717) is 13.0 Å². The molecule has 0 radical (unpaired) electrons. The molecule has 7 heteroatoms. The number of nitrogens with zero attached hydrogens (tertiary/aromatic N) is 1. The summed E-state index contributed by atoms with van der Waals surface area (Å²) in [6, 6.07) is -1.43. The van der Waals surface area contributed by atoms with Crippen LogP contribution in [0, 0.1) is 5.41 Å². The molecule has 1 rings (SSSR count). The van der Waals surface area contributed by atoms with Crippen molar-refractivity contribution in [2.45, 2.75) is 33.2 Å². The topological polar surface area (TPSA) is 107 Å². The molecule has 0 aliphatic carbocycles. The number of aromatic amines is 1. The first-order valence-electron chi connectivity index (χ1n) is 6.06. The Morgan fingerprint density at radius 3 is 2.63 bits per heavy atom. The average Bonchev–Trinajstić information content (AvgIpc) is 2.77. The van der Waals surface area contributed by atoms with Crippen molar-refractivity contribution in [2.24, 2.45) is 5.41 Å². The molecule has 0 aliphatic rings. The Bertz CT molecular complexity index is 423. The molecule has 2 amide bonds. The summed E-state index contributed by atoms with van der Waals surface area (Å²) in [7, 11) is 0. The van der Waals surface area contributed by atoms with Gasteiger partial charge in [-0.05, 0) is 5.41 Å². The fraction of sp³-hybridized carbons (Fsp3) is 0.583. The summed E-state index contributed by atoms with van der Waals surface area (Å²) in [5.74, 6) is -0.278. The van der Waals surface area contributed by atoms with Crippen LogP contribution in [0.2, 0.25) is 0 Å². The lowest BCUT2D eigenvalue weighted by Crippen LogP contribution is -2.52. The molecule has 1 heterocycles. The van der Waals surface area contributed by atoms with Gasteiger partial charge >= 0.3 is 12.0 Å². The van der Waals surface area contributed by atoms with E-state index in [2.05, 4.69) is 20.6 Å². The molecule has 0 spiro atoms. The second-order valence-electron chi connectivity index (χ2n) is 5.32. The van der Waals surface area contributed by atoms with Gasteiger partial charge < -0.3 is 20.7 Å². The van der Waals surface area contributed by atoms with Gasteiger partial charge in [-0.2, -0.15) is 0 Å². The van der Waals surface area contributed by atoms with Crippen molar-refractivity contribution in [1.29, 1.82) is 0 Å². The van der Waals surface area contributed by atoms with E-state index in [1.807, 2.05) is 0 Å². The van der Waals surface area contributed by atoms with Gasteiger partial charge in [-0.25, -0.2) is 14.6 Å². The highest BCUT2D eigenvalue weighted by Gasteiger charge is 2.32. The van der Waals surface area contributed by atoms with Gasteiger partial charge in [-0.15, -0.1) is 0 Å². The predicted molar refractivity (Wildman–Crippen MR) is 69.7 cm³/mol. The van der Waals surface area contributed by atoms with Crippen LogP contribution in [0.3, 0.4) is 0 Å². The zero-order valence-electron chi connectivity index (χ0n) is 11.4. The second kappa shape index (κ2) is 6.21. The van der Waals surface area contributed by atoms with E-state index in [1.165, 1.54) is 0 Å². The molecule has 0 aromatic carbocycles. The summed E-state index contributed by atoms with van der Waals surface area (Å²) in [5.41, 5.74) is -0.551. The summed E-state index contributed by atoms with van der Waals surface area (Å²) < 4.78 is 0. The highest BCUT2D eigenvalue weighted by molar-refractivity contribution is 5.83. The molecular weight excluding hydrogens is 248 g/mol. The summed E-state index contributed by atoms with van der Waals surface area (Å²) in [6.45, 7) is 5.66. The molecule has 0 saturated heterocycles. The van der Waals surface area contributed by atoms with Crippen LogP contribution in [0.4, 0.5) is 4.79 Å². The van der Waals surface area contributed by atoms with E-state index in [1.54, 1.807) is 33.2 Å². The molecule has 19 heavy (non-hydrogen) atoms. The van der Waals surface area contributed by atoms with Crippen LogP contribution in [0.15, 0.2) is 12.4 Å². The Morgan fingerprint density at radius 1 is 1.47 bits per heavy atom. The van der Waals surface area contributed by atoms with E-state index < -0.39 is 23.5 Å². The molecule has 0 unspecified atom stereocenters. The Kier molecular flexibility index (Phi) is 4.91. The van der Waals surface area contributed by atoms with Crippen LogP contribution in [0.1, 0.15) is 26.6 Å². The summed E-state index contributed by atoms with van der Waals surface area (Å²) in [5, 5.41) is 14.1. The Hall–Kier alpha value is -2.05. The van der Waals surface area contributed by atoms with Crippen molar-refractivity contribution in [3.05, 3.63) is 18.2 Å². The lowest BCUT2D eigenvalue weighted by atomic mass is 9.87. The van der Waals surface area contributed by atoms with Crippen molar-refractivity contribution in [3.8, 4) is 0 Å². The summed E-state index contributed by atoms with van der Waals surface area (Å²) in [4.78, 5) is 29.6. The standard InChI is InChI=1S/C12H20N4O3/c1-12(2,3)9(10(17)18)16-11(19)15-5-4-8-13-6-7-14-8/h6-7,9H,4-5H2,1-3H3,(H,13,14)(H,17,18)(H2,15,16,19)/t9-/m1/s1. The molecule has 0 fully saturated rings. The van der Waals surface area contributed by atoms with Crippen LogP contribution < -0.4 is 10.6 Å². The normalized spacial score (nSPS) is 12.8. The third-order valence-corrected chi connectivity index (χ3v) is 2.59. The number of hydrogen-bond acceptors (Lipinski definition) is 3. The van der Waals surface area contributed by atoms with Gasteiger partial charge in [0.25, 0.3) is 0 Å². The molecule has 1 aromatic rings. The Labute approximate surface area is 111 Å². The number of imidazole rings is 1. The molecule has 106 valence electrons. The van der Waals surface area contributed by atoms with Crippen LogP contribution in [-0.4, -0.2) is 39.7 Å². The maximum Gasteiger partial charge on any atom is 0.326 e. The minimum absolute atomic E-state index is 0.385.